The zero-order chi connectivity index (χ0) is 8.69. The van der Waals surface area contributed by atoms with Crippen molar-refractivity contribution < 1.29 is 5.11 Å². The molecule has 0 fully saturated rings. The van der Waals surface area contributed by atoms with Gasteiger partial charge >= 0.3 is 0 Å². The second-order valence-corrected chi connectivity index (χ2v) is 2.55. The first kappa shape index (κ1) is 10.8. The molecule has 4 N–H and O–H groups in total. The summed E-state index contributed by atoms with van der Waals surface area (Å²) in [7, 11) is 3.81. The Morgan fingerprint density at radius 1 is 1.27 bits per heavy atom. The number of rotatable bonds is 6. The highest BCUT2D eigenvalue weighted by atomic mass is 16.3. The molecule has 0 aliphatic rings. The van der Waals surface area contributed by atoms with Gasteiger partial charge < -0.3 is 15.7 Å². The fraction of sp³-hybridized carbons (Fsp3) is 1.00. The van der Waals surface area contributed by atoms with Gasteiger partial charge in [0.2, 0.25) is 0 Å². The molecule has 0 aliphatic carbocycles. The van der Waals surface area contributed by atoms with Crippen LogP contribution in [-0.2, 0) is 0 Å². The fourth-order valence-electron chi connectivity index (χ4n) is 0.870. The average Bonchev–Trinajstić information content (AvgIpc) is 1.98. The van der Waals surface area contributed by atoms with Crippen molar-refractivity contribution in [2.24, 2.45) is 0 Å². The van der Waals surface area contributed by atoms with Crippen LogP contribution in [0.25, 0.3) is 0 Å². The molecule has 0 saturated carbocycles. The number of hydrogen-bond donors (Lipinski definition) is 4. The predicted octanol–water partition coefficient (Wildman–Crippen LogP) is -0.931. The van der Waals surface area contributed by atoms with Crippen molar-refractivity contribution in [3.8, 4) is 0 Å². The normalized spacial score (nSPS) is 13.9. The van der Waals surface area contributed by atoms with E-state index in [1.54, 1.807) is 6.92 Å². The third-order valence-electron chi connectivity index (χ3n) is 1.57. The van der Waals surface area contributed by atoms with Gasteiger partial charge in [0, 0.05) is 6.54 Å². The molecule has 0 aliphatic heterocycles. The van der Waals surface area contributed by atoms with Crippen LogP contribution < -0.4 is 16.0 Å². The molecule has 0 saturated heterocycles. The van der Waals surface area contributed by atoms with E-state index in [-0.39, 0.29) is 0 Å². The van der Waals surface area contributed by atoms with Gasteiger partial charge in [0.25, 0.3) is 0 Å². The Labute approximate surface area is 68.4 Å². The largest absolute Gasteiger partial charge is 0.379 e. The van der Waals surface area contributed by atoms with Crippen LogP contribution in [0.15, 0.2) is 0 Å². The van der Waals surface area contributed by atoms with Gasteiger partial charge in [-0.05, 0) is 27.4 Å². The Hall–Kier alpha value is -0.160. The molecule has 4 nitrogen and oxygen atoms in total. The van der Waals surface area contributed by atoms with Crippen molar-refractivity contribution >= 4 is 0 Å². The standard InChI is InChI=1S/C7H19N3O/c1-6(11)10-5-4-7(8-2)9-3/h6-11H,4-5H2,1-3H3. The van der Waals surface area contributed by atoms with Crippen molar-refractivity contribution in [2.75, 3.05) is 20.6 Å². The van der Waals surface area contributed by atoms with Crippen molar-refractivity contribution in [3.05, 3.63) is 0 Å². The van der Waals surface area contributed by atoms with E-state index in [9.17, 15) is 0 Å². The highest BCUT2D eigenvalue weighted by Gasteiger charge is 2.01. The maximum atomic E-state index is 8.86. The van der Waals surface area contributed by atoms with E-state index in [0.717, 1.165) is 13.0 Å². The summed E-state index contributed by atoms with van der Waals surface area (Å²) >= 11 is 0. The molecule has 0 aromatic carbocycles. The van der Waals surface area contributed by atoms with Crippen molar-refractivity contribution in [1.29, 1.82) is 0 Å². The molecule has 1 atom stereocenters. The first-order valence-electron chi connectivity index (χ1n) is 3.96. The van der Waals surface area contributed by atoms with Crippen LogP contribution in [0.3, 0.4) is 0 Å². The van der Waals surface area contributed by atoms with Gasteiger partial charge in [-0.15, -0.1) is 0 Å². The summed E-state index contributed by atoms with van der Waals surface area (Å²) in [4.78, 5) is 0. The van der Waals surface area contributed by atoms with E-state index in [1.165, 1.54) is 0 Å². The maximum absolute atomic E-state index is 8.86. The molecule has 0 rings (SSSR count). The molecule has 68 valence electrons. The first-order valence-corrected chi connectivity index (χ1v) is 3.96. The highest BCUT2D eigenvalue weighted by molar-refractivity contribution is 4.60. The Morgan fingerprint density at radius 3 is 2.18 bits per heavy atom. The SMILES string of the molecule is CNC(CCNC(C)O)NC. The molecular formula is C7H19N3O. The molecule has 0 bridgehead atoms. The van der Waals surface area contributed by atoms with Crippen molar-refractivity contribution in [2.45, 2.75) is 25.7 Å². The summed E-state index contributed by atoms with van der Waals surface area (Å²) in [6, 6.07) is 0. The lowest BCUT2D eigenvalue weighted by atomic mass is 10.3. The highest BCUT2D eigenvalue weighted by Crippen LogP contribution is 1.83. The predicted molar refractivity (Wildman–Crippen MR) is 46.2 cm³/mol. The molecule has 1 unspecified atom stereocenters. The molecule has 0 aromatic rings. The molecule has 0 amide bonds. The smallest absolute Gasteiger partial charge is 0.102 e. The quantitative estimate of drug-likeness (QED) is 0.380. The zero-order valence-electron chi connectivity index (χ0n) is 7.52. The van der Waals surface area contributed by atoms with Crippen LogP contribution in [0.4, 0.5) is 0 Å². The lowest BCUT2D eigenvalue weighted by molar-refractivity contribution is 0.154. The van der Waals surface area contributed by atoms with Crippen LogP contribution in [0, 0.1) is 0 Å². The monoisotopic (exact) mass is 161 g/mol. The van der Waals surface area contributed by atoms with Gasteiger partial charge in [-0.1, -0.05) is 0 Å². The number of aliphatic hydroxyl groups is 1. The molecule has 0 radical (unpaired) electrons. The average molecular weight is 161 g/mol. The van der Waals surface area contributed by atoms with Gasteiger partial charge in [-0.3, -0.25) is 5.32 Å². The minimum absolute atomic E-state index is 0.321. The van der Waals surface area contributed by atoms with Crippen molar-refractivity contribution in [3.63, 3.8) is 0 Å². The maximum Gasteiger partial charge on any atom is 0.102 e. The van der Waals surface area contributed by atoms with Crippen molar-refractivity contribution in [1.82, 2.24) is 16.0 Å². The topological polar surface area (TPSA) is 56.3 Å². The zero-order valence-corrected chi connectivity index (χ0v) is 7.52. The fourth-order valence-corrected chi connectivity index (χ4v) is 0.870. The molecule has 0 aromatic heterocycles. The lowest BCUT2D eigenvalue weighted by Crippen LogP contribution is -2.41. The summed E-state index contributed by atoms with van der Waals surface area (Å²) in [5, 5.41) is 18.0. The summed E-state index contributed by atoms with van der Waals surface area (Å²) in [6.07, 6.45) is 0.864. The number of hydrogen-bond acceptors (Lipinski definition) is 4. The molecule has 0 heterocycles. The van der Waals surface area contributed by atoms with E-state index in [4.69, 9.17) is 5.11 Å². The molecule has 4 heteroatoms. The molecule has 0 spiro atoms. The van der Waals surface area contributed by atoms with Crippen LogP contribution in [0.2, 0.25) is 0 Å². The summed E-state index contributed by atoms with van der Waals surface area (Å²) in [5.74, 6) is 0. The molecule has 11 heavy (non-hydrogen) atoms. The van der Waals surface area contributed by atoms with Gasteiger partial charge in [0.15, 0.2) is 0 Å². The van der Waals surface area contributed by atoms with E-state index >= 15 is 0 Å². The van der Waals surface area contributed by atoms with Gasteiger partial charge in [0.1, 0.15) is 6.23 Å². The summed E-state index contributed by atoms with van der Waals surface area (Å²) in [6.45, 7) is 2.53. The Kier molecular flexibility index (Phi) is 6.45. The van der Waals surface area contributed by atoms with Crippen LogP contribution in [0.1, 0.15) is 13.3 Å². The first-order chi connectivity index (χ1) is 5.20. The van der Waals surface area contributed by atoms with Gasteiger partial charge in [-0.2, -0.15) is 0 Å². The van der Waals surface area contributed by atoms with E-state index in [0.29, 0.717) is 6.17 Å². The second-order valence-electron chi connectivity index (χ2n) is 2.55. The minimum atomic E-state index is -0.413. The Bertz CT molecular complexity index is 83.8. The number of nitrogens with one attached hydrogen (secondary N) is 3. The van der Waals surface area contributed by atoms with Crippen LogP contribution >= 0.6 is 0 Å². The summed E-state index contributed by atoms with van der Waals surface area (Å²) in [5.41, 5.74) is 0. The third kappa shape index (κ3) is 6.25. The van der Waals surface area contributed by atoms with Gasteiger partial charge in [-0.25, -0.2) is 0 Å². The van der Waals surface area contributed by atoms with E-state index < -0.39 is 6.23 Å². The summed E-state index contributed by atoms with van der Waals surface area (Å²) < 4.78 is 0. The third-order valence-corrected chi connectivity index (χ3v) is 1.57. The van der Waals surface area contributed by atoms with Crippen LogP contribution in [0.5, 0.6) is 0 Å². The Morgan fingerprint density at radius 2 is 1.82 bits per heavy atom. The van der Waals surface area contributed by atoms with Crippen LogP contribution in [-0.4, -0.2) is 38.1 Å². The van der Waals surface area contributed by atoms with E-state index in [1.807, 2.05) is 14.1 Å². The van der Waals surface area contributed by atoms with E-state index in [2.05, 4.69) is 16.0 Å². The second kappa shape index (κ2) is 6.54. The Balaban J connectivity index is 3.21. The number of aliphatic hydroxyl groups excluding tert-OH is 1. The minimum Gasteiger partial charge on any atom is -0.379 e. The molecular weight excluding hydrogens is 142 g/mol. The lowest BCUT2D eigenvalue weighted by Gasteiger charge is -2.15. The van der Waals surface area contributed by atoms with Gasteiger partial charge in [0.05, 0.1) is 6.17 Å².